The molecule has 104 valence electrons. The first-order valence-electron chi connectivity index (χ1n) is 6.72. The maximum absolute atomic E-state index is 13.4. The van der Waals surface area contributed by atoms with Crippen molar-refractivity contribution < 1.29 is 13.9 Å². The van der Waals surface area contributed by atoms with Gasteiger partial charge in [0.25, 0.3) is 0 Å². The minimum atomic E-state index is -0.256. The summed E-state index contributed by atoms with van der Waals surface area (Å²) in [6, 6.07) is 6.53. The Labute approximate surface area is 113 Å². The highest BCUT2D eigenvalue weighted by molar-refractivity contribution is 5.74. The summed E-state index contributed by atoms with van der Waals surface area (Å²) >= 11 is 0. The monoisotopic (exact) mass is 265 g/mol. The maximum Gasteiger partial charge on any atom is 0.309 e. The van der Waals surface area contributed by atoms with Gasteiger partial charge in [-0.15, -0.1) is 0 Å². The van der Waals surface area contributed by atoms with Crippen LogP contribution in [0, 0.1) is 11.7 Å². The molecule has 0 bridgehead atoms. The molecule has 0 aliphatic carbocycles. The number of likely N-dealkylation sites (tertiary alicyclic amines) is 1. The average Bonchev–Trinajstić information content (AvgIpc) is 2.39. The lowest BCUT2D eigenvalue weighted by atomic mass is 9.81. The normalized spacial score (nSPS) is 24.2. The molecule has 1 aliphatic rings. The highest BCUT2D eigenvalue weighted by atomic mass is 19.1. The van der Waals surface area contributed by atoms with Gasteiger partial charge in [-0.2, -0.15) is 0 Å². The fourth-order valence-corrected chi connectivity index (χ4v) is 2.72. The van der Waals surface area contributed by atoms with Crippen LogP contribution < -0.4 is 0 Å². The Balaban J connectivity index is 2.23. The molecule has 2 rings (SSSR count). The molecule has 1 aliphatic heterocycles. The summed E-state index contributed by atoms with van der Waals surface area (Å²) in [4.78, 5) is 14.2. The standard InChI is InChI=1S/C15H20FNO2/c1-3-19-15(18)13-7-8-17(2)10-14(13)11-5-4-6-12(16)9-11/h4-6,9,13-14H,3,7-8,10H2,1-2H3/t13-,14-/m0/s1. The molecule has 0 radical (unpaired) electrons. The fraction of sp³-hybridized carbons (Fsp3) is 0.533. The molecule has 0 spiro atoms. The van der Waals surface area contributed by atoms with Crippen molar-refractivity contribution in [3.8, 4) is 0 Å². The van der Waals surface area contributed by atoms with Crippen LogP contribution in [-0.2, 0) is 9.53 Å². The zero-order valence-electron chi connectivity index (χ0n) is 11.4. The van der Waals surface area contributed by atoms with Gasteiger partial charge < -0.3 is 9.64 Å². The van der Waals surface area contributed by atoms with Gasteiger partial charge >= 0.3 is 5.97 Å². The van der Waals surface area contributed by atoms with Crippen LogP contribution in [0.3, 0.4) is 0 Å². The van der Waals surface area contributed by atoms with Crippen molar-refractivity contribution in [1.29, 1.82) is 0 Å². The minimum Gasteiger partial charge on any atom is -0.466 e. The number of hydrogen-bond acceptors (Lipinski definition) is 3. The molecule has 2 atom stereocenters. The van der Waals surface area contributed by atoms with Crippen LogP contribution in [-0.4, -0.2) is 37.6 Å². The molecular weight excluding hydrogens is 245 g/mol. The van der Waals surface area contributed by atoms with Crippen LogP contribution in [0.2, 0.25) is 0 Å². The van der Waals surface area contributed by atoms with E-state index < -0.39 is 0 Å². The summed E-state index contributed by atoms with van der Waals surface area (Å²) in [7, 11) is 2.02. The molecule has 1 aromatic carbocycles. The molecule has 4 heteroatoms. The van der Waals surface area contributed by atoms with Gasteiger partial charge in [-0.25, -0.2) is 4.39 Å². The number of benzene rings is 1. The van der Waals surface area contributed by atoms with E-state index in [0.29, 0.717) is 6.61 Å². The highest BCUT2D eigenvalue weighted by Crippen LogP contribution is 2.33. The molecule has 3 nitrogen and oxygen atoms in total. The first kappa shape index (κ1) is 14.0. The van der Waals surface area contributed by atoms with Gasteiger partial charge in [0.15, 0.2) is 0 Å². The molecular formula is C15H20FNO2. The lowest BCUT2D eigenvalue weighted by Crippen LogP contribution is -2.40. The van der Waals surface area contributed by atoms with Crippen molar-refractivity contribution in [2.24, 2.45) is 5.92 Å². The van der Waals surface area contributed by atoms with E-state index in [1.165, 1.54) is 12.1 Å². The highest BCUT2D eigenvalue weighted by Gasteiger charge is 2.35. The van der Waals surface area contributed by atoms with Gasteiger partial charge in [-0.3, -0.25) is 4.79 Å². The zero-order chi connectivity index (χ0) is 13.8. The number of likely N-dealkylation sites (N-methyl/N-ethyl adjacent to an activating group) is 1. The molecule has 1 saturated heterocycles. The second kappa shape index (κ2) is 6.15. The van der Waals surface area contributed by atoms with Gasteiger partial charge in [-0.1, -0.05) is 12.1 Å². The fourth-order valence-electron chi connectivity index (χ4n) is 2.72. The van der Waals surface area contributed by atoms with Crippen molar-refractivity contribution in [2.45, 2.75) is 19.3 Å². The van der Waals surface area contributed by atoms with E-state index in [1.807, 2.05) is 20.0 Å². The van der Waals surface area contributed by atoms with Gasteiger partial charge in [0.1, 0.15) is 5.82 Å². The molecule has 19 heavy (non-hydrogen) atoms. The van der Waals surface area contributed by atoms with Crippen LogP contribution >= 0.6 is 0 Å². The third kappa shape index (κ3) is 3.32. The third-order valence-corrected chi connectivity index (χ3v) is 3.68. The van der Waals surface area contributed by atoms with E-state index >= 15 is 0 Å². The Morgan fingerprint density at radius 1 is 1.53 bits per heavy atom. The Hall–Kier alpha value is -1.42. The van der Waals surface area contributed by atoms with Crippen molar-refractivity contribution >= 4 is 5.97 Å². The minimum absolute atomic E-state index is 0.00787. The van der Waals surface area contributed by atoms with Gasteiger partial charge in [0.2, 0.25) is 0 Å². The van der Waals surface area contributed by atoms with Crippen molar-refractivity contribution in [3.63, 3.8) is 0 Å². The number of piperidine rings is 1. The molecule has 0 saturated carbocycles. The van der Waals surface area contributed by atoms with Crippen LogP contribution in [0.1, 0.15) is 24.8 Å². The summed E-state index contributed by atoms with van der Waals surface area (Å²) in [5, 5.41) is 0. The van der Waals surface area contributed by atoms with Crippen LogP contribution in [0.25, 0.3) is 0 Å². The summed E-state index contributed by atoms with van der Waals surface area (Å²) in [5.74, 6) is -0.579. The lowest BCUT2D eigenvalue weighted by molar-refractivity contribution is -0.150. The van der Waals surface area contributed by atoms with E-state index in [1.54, 1.807) is 6.07 Å². The third-order valence-electron chi connectivity index (χ3n) is 3.68. The Bertz CT molecular complexity index is 450. The topological polar surface area (TPSA) is 29.5 Å². The number of nitrogens with zero attached hydrogens (tertiary/aromatic N) is 1. The smallest absolute Gasteiger partial charge is 0.309 e. The number of ether oxygens (including phenoxy) is 1. The maximum atomic E-state index is 13.4. The summed E-state index contributed by atoms with van der Waals surface area (Å²) in [6.45, 7) is 3.83. The Morgan fingerprint density at radius 3 is 3.00 bits per heavy atom. The molecule has 0 unspecified atom stereocenters. The predicted octanol–water partition coefficient (Wildman–Crippen LogP) is 2.42. The van der Waals surface area contributed by atoms with Crippen molar-refractivity contribution in [3.05, 3.63) is 35.6 Å². The van der Waals surface area contributed by atoms with E-state index in [9.17, 15) is 9.18 Å². The van der Waals surface area contributed by atoms with Crippen LogP contribution in [0.15, 0.2) is 24.3 Å². The molecule has 1 heterocycles. The predicted molar refractivity (Wildman–Crippen MR) is 71.4 cm³/mol. The van der Waals surface area contributed by atoms with Crippen molar-refractivity contribution in [2.75, 3.05) is 26.7 Å². The number of carbonyl (C=O) groups is 1. The largest absolute Gasteiger partial charge is 0.466 e. The molecule has 1 aromatic rings. The number of carbonyl (C=O) groups excluding carboxylic acids is 1. The van der Waals surface area contributed by atoms with Crippen LogP contribution in [0.4, 0.5) is 4.39 Å². The molecule has 0 aromatic heterocycles. The van der Waals surface area contributed by atoms with E-state index in [0.717, 1.165) is 25.1 Å². The van der Waals surface area contributed by atoms with Crippen LogP contribution in [0.5, 0.6) is 0 Å². The number of hydrogen-bond donors (Lipinski definition) is 0. The van der Waals surface area contributed by atoms with E-state index in [-0.39, 0.29) is 23.6 Å². The number of halogens is 1. The molecule has 1 fully saturated rings. The van der Waals surface area contributed by atoms with Gasteiger partial charge in [-0.05, 0) is 44.6 Å². The molecule has 0 N–H and O–H groups in total. The summed E-state index contributed by atoms with van der Waals surface area (Å²) < 4.78 is 18.5. The Kier molecular flexibility index (Phi) is 4.53. The average molecular weight is 265 g/mol. The SMILES string of the molecule is CCOC(=O)[C@H]1CCN(C)C[C@H]1c1cccc(F)c1. The Morgan fingerprint density at radius 2 is 2.32 bits per heavy atom. The van der Waals surface area contributed by atoms with E-state index in [4.69, 9.17) is 4.74 Å². The first-order valence-corrected chi connectivity index (χ1v) is 6.72. The van der Waals surface area contributed by atoms with E-state index in [2.05, 4.69) is 4.90 Å². The molecule has 0 amide bonds. The second-order valence-corrected chi connectivity index (χ2v) is 5.07. The van der Waals surface area contributed by atoms with Gasteiger partial charge in [0.05, 0.1) is 12.5 Å². The summed E-state index contributed by atoms with van der Waals surface area (Å²) in [5.41, 5.74) is 0.879. The number of esters is 1. The quantitative estimate of drug-likeness (QED) is 0.786. The van der Waals surface area contributed by atoms with Gasteiger partial charge in [0, 0.05) is 12.5 Å². The first-order chi connectivity index (χ1) is 9.11. The number of rotatable bonds is 3. The lowest BCUT2D eigenvalue weighted by Gasteiger charge is -2.35. The second-order valence-electron chi connectivity index (χ2n) is 5.07. The summed E-state index contributed by atoms with van der Waals surface area (Å²) in [6.07, 6.45) is 0.760. The van der Waals surface area contributed by atoms with Crippen molar-refractivity contribution in [1.82, 2.24) is 4.90 Å². The zero-order valence-corrected chi connectivity index (χ0v) is 11.4.